The highest BCUT2D eigenvalue weighted by atomic mass is 32.2. The highest BCUT2D eigenvalue weighted by molar-refractivity contribution is 7.86. The molecule has 0 N–H and O–H groups in total. The Kier molecular flexibility index (Phi) is 6.83. The van der Waals surface area contributed by atoms with Crippen molar-refractivity contribution >= 4 is 27.9 Å². The zero-order valence-electron chi connectivity index (χ0n) is 19.3. The number of carbonyl (C=O) groups is 3. The smallest absolute Gasteiger partial charge is 0.282 e. The maximum Gasteiger partial charge on any atom is 0.282 e. The van der Waals surface area contributed by atoms with Crippen molar-refractivity contribution < 1.29 is 22.8 Å². The van der Waals surface area contributed by atoms with Crippen LogP contribution in [-0.2, 0) is 16.8 Å². The van der Waals surface area contributed by atoms with E-state index in [1.807, 2.05) is 0 Å². The molecule has 2 aliphatic rings. The summed E-state index contributed by atoms with van der Waals surface area (Å²) in [6, 6.07) is 13.6. The number of hydrogen-bond donors (Lipinski definition) is 0. The fourth-order valence-corrected chi connectivity index (χ4v) is 5.99. The first-order valence-electron chi connectivity index (χ1n) is 11.4. The van der Waals surface area contributed by atoms with E-state index in [4.69, 9.17) is 0 Å². The quantitative estimate of drug-likeness (QED) is 0.559. The van der Waals surface area contributed by atoms with Gasteiger partial charge in [-0.2, -0.15) is 17.0 Å². The van der Waals surface area contributed by atoms with Gasteiger partial charge in [0.1, 0.15) is 0 Å². The van der Waals surface area contributed by atoms with E-state index in [1.54, 1.807) is 67.3 Å². The van der Waals surface area contributed by atoms with E-state index in [9.17, 15) is 22.8 Å². The molecule has 0 saturated carbocycles. The second-order valence-electron chi connectivity index (χ2n) is 8.23. The number of piperazine rings is 1. The molecule has 10 heteroatoms. The first-order chi connectivity index (χ1) is 16.3. The number of imide groups is 1. The summed E-state index contributed by atoms with van der Waals surface area (Å²) in [6.45, 7) is 5.53. The summed E-state index contributed by atoms with van der Waals surface area (Å²) in [7, 11) is -3.53. The predicted molar refractivity (Wildman–Crippen MR) is 126 cm³/mol. The van der Waals surface area contributed by atoms with E-state index in [1.165, 1.54) is 13.5 Å². The van der Waals surface area contributed by atoms with Crippen LogP contribution in [0, 0.1) is 0 Å². The third-order valence-corrected chi connectivity index (χ3v) is 8.46. The summed E-state index contributed by atoms with van der Waals surface area (Å²) in [5.41, 5.74) is 1.88. The average Bonchev–Trinajstić information content (AvgIpc) is 3.09. The van der Waals surface area contributed by atoms with Crippen molar-refractivity contribution in [2.75, 3.05) is 39.3 Å². The van der Waals surface area contributed by atoms with Crippen LogP contribution >= 0.6 is 0 Å². The van der Waals surface area contributed by atoms with Crippen molar-refractivity contribution in [3.8, 4) is 0 Å². The maximum absolute atomic E-state index is 13.1. The van der Waals surface area contributed by atoms with Crippen LogP contribution in [-0.4, -0.2) is 83.8 Å². The van der Waals surface area contributed by atoms with Gasteiger partial charge in [0.2, 0.25) is 0 Å². The molecule has 0 bridgehead atoms. The van der Waals surface area contributed by atoms with E-state index in [0.29, 0.717) is 48.4 Å². The van der Waals surface area contributed by atoms with Gasteiger partial charge >= 0.3 is 0 Å². The van der Waals surface area contributed by atoms with Crippen LogP contribution in [0.15, 0.2) is 48.5 Å². The van der Waals surface area contributed by atoms with Gasteiger partial charge in [0.15, 0.2) is 0 Å². The van der Waals surface area contributed by atoms with Crippen molar-refractivity contribution in [3.05, 3.63) is 70.8 Å². The number of hydrogen-bond acceptors (Lipinski definition) is 5. The highest BCUT2D eigenvalue weighted by Gasteiger charge is 2.35. The van der Waals surface area contributed by atoms with Crippen molar-refractivity contribution in [2.24, 2.45) is 0 Å². The number of benzene rings is 2. The molecule has 0 unspecified atom stereocenters. The summed E-state index contributed by atoms with van der Waals surface area (Å²) in [6.07, 6.45) is 0. The second kappa shape index (κ2) is 9.65. The van der Waals surface area contributed by atoms with Gasteiger partial charge in [0.05, 0.1) is 17.7 Å². The third-order valence-electron chi connectivity index (χ3n) is 6.28. The van der Waals surface area contributed by atoms with Gasteiger partial charge in [-0.1, -0.05) is 38.1 Å². The molecule has 0 aromatic heterocycles. The van der Waals surface area contributed by atoms with Gasteiger partial charge in [0, 0.05) is 44.8 Å². The summed E-state index contributed by atoms with van der Waals surface area (Å²) < 4.78 is 28.3. The lowest BCUT2D eigenvalue weighted by Gasteiger charge is -2.36. The Balaban J connectivity index is 1.43. The van der Waals surface area contributed by atoms with Crippen LogP contribution in [0.3, 0.4) is 0 Å². The molecule has 34 heavy (non-hydrogen) atoms. The van der Waals surface area contributed by atoms with Crippen molar-refractivity contribution in [1.29, 1.82) is 0 Å². The minimum atomic E-state index is -3.53. The molecule has 1 saturated heterocycles. The standard InChI is InChI=1S/C24H28N4O5S/c1-3-26(4-2)34(32,33)27-14-12-25(13-15-27)22(29)19-9-7-8-18(16-19)17-28-23(30)20-10-5-6-11-21(20)24(28)31/h5-11,16H,3-4,12-15,17H2,1-2H3. The molecule has 0 atom stereocenters. The third kappa shape index (κ3) is 4.36. The summed E-state index contributed by atoms with van der Waals surface area (Å²) >= 11 is 0. The van der Waals surface area contributed by atoms with Gasteiger partial charge in [-0.25, -0.2) is 0 Å². The first-order valence-corrected chi connectivity index (χ1v) is 12.8. The Morgan fingerprint density at radius 1 is 0.882 bits per heavy atom. The summed E-state index contributed by atoms with van der Waals surface area (Å²) in [5, 5.41) is 0. The van der Waals surface area contributed by atoms with Crippen molar-refractivity contribution in [3.63, 3.8) is 0 Å². The lowest BCUT2D eigenvalue weighted by atomic mass is 10.1. The lowest BCUT2D eigenvalue weighted by molar-refractivity contribution is 0.0642. The Morgan fingerprint density at radius 2 is 1.47 bits per heavy atom. The normalized spacial score (nSPS) is 16.9. The number of amides is 3. The van der Waals surface area contributed by atoms with Crippen LogP contribution in [0.2, 0.25) is 0 Å². The number of carbonyl (C=O) groups excluding carboxylic acids is 3. The zero-order valence-corrected chi connectivity index (χ0v) is 20.1. The molecular formula is C24H28N4O5S. The van der Waals surface area contributed by atoms with E-state index >= 15 is 0 Å². The number of fused-ring (bicyclic) bond motifs is 1. The van der Waals surface area contributed by atoms with Crippen molar-refractivity contribution in [2.45, 2.75) is 20.4 Å². The first kappa shape index (κ1) is 24.1. The number of rotatable bonds is 7. The van der Waals surface area contributed by atoms with Crippen LogP contribution in [0.4, 0.5) is 0 Å². The zero-order chi connectivity index (χ0) is 24.5. The maximum atomic E-state index is 13.1. The molecule has 1 fully saturated rings. The molecule has 3 amide bonds. The molecule has 2 aromatic carbocycles. The van der Waals surface area contributed by atoms with Crippen LogP contribution < -0.4 is 0 Å². The van der Waals surface area contributed by atoms with E-state index in [-0.39, 0.29) is 37.4 Å². The topological polar surface area (TPSA) is 98.3 Å². The molecule has 0 aliphatic carbocycles. The van der Waals surface area contributed by atoms with E-state index in [2.05, 4.69) is 0 Å². The van der Waals surface area contributed by atoms with E-state index < -0.39 is 10.2 Å². The molecule has 2 aliphatic heterocycles. The average molecular weight is 485 g/mol. The van der Waals surface area contributed by atoms with Crippen LogP contribution in [0.25, 0.3) is 0 Å². The number of nitrogens with zero attached hydrogens (tertiary/aromatic N) is 4. The summed E-state index contributed by atoms with van der Waals surface area (Å²) in [5.74, 6) is -0.894. The second-order valence-corrected chi connectivity index (χ2v) is 10.2. The largest absolute Gasteiger partial charge is 0.336 e. The Morgan fingerprint density at radius 3 is 2.03 bits per heavy atom. The van der Waals surface area contributed by atoms with Gasteiger partial charge in [-0.3, -0.25) is 19.3 Å². The molecule has 0 radical (unpaired) electrons. The molecule has 2 aromatic rings. The Hall–Kier alpha value is -3.08. The van der Waals surface area contributed by atoms with E-state index in [0.717, 1.165) is 0 Å². The minimum absolute atomic E-state index is 0.0728. The van der Waals surface area contributed by atoms with Gasteiger partial charge < -0.3 is 4.90 Å². The molecule has 9 nitrogen and oxygen atoms in total. The Bertz CT molecular complexity index is 1180. The summed E-state index contributed by atoms with van der Waals surface area (Å²) in [4.78, 5) is 41.2. The van der Waals surface area contributed by atoms with Gasteiger partial charge in [-0.15, -0.1) is 0 Å². The van der Waals surface area contributed by atoms with Gasteiger partial charge in [-0.05, 0) is 29.8 Å². The predicted octanol–water partition coefficient (Wildman–Crippen LogP) is 1.83. The SMILES string of the molecule is CCN(CC)S(=O)(=O)N1CCN(C(=O)c2cccc(CN3C(=O)c4ccccc4C3=O)c2)CC1. The van der Waals surface area contributed by atoms with Crippen LogP contribution in [0.1, 0.15) is 50.5 Å². The fraction of sp³-hybridized carbons (Fsp3) is 0.375. The molecular weight excluding hydrogens is 456 g/mol. The molecule has 2 heterocycles. The van der Waals surface area contributed by atoms with Gasteiger partial charge in [0.25, 0.3) is 27.9 Å². The molecule has 0 spiro atoms. The Labute approximate surface area is 199 Å². The minimum Gasteiger partial charge on any atom is -0.336 e. The monoisotopic (exact) mass is 484 g/mol. The van der Waals surface area contributed by atoms with Crippen molar-refractivity contribution in [1.82, 2.24) is 18.4 Å². The molecule has 4 rings (SSSR count). The fourth-order valence-electron chi connectivity index (χ4n) is 4.39. The van der Waals surface area contributed by atoms with Crippen LogP contribution in [0.5, 0.6) is 0 Å². The molecule has 180 valence electrons. The lowest BCUT2D eigenvalue weighted by Crippen LogP contribution is -2.54. The highest BCUT2D eigenvalue weighted by Crippen LogP contribution is 2.24.